The van der Waals surface area contributed by atoms with Crippen LogP contribution in [0.1, 0.15) is 6.92 Å². The van der Waals surface area contributed by atoms with E-state index in [1.54, 1.807) is 0 Å². The quantitative estimate of drug-likeness (QED) is 0.479. The van der Waals surface area contributed by atoms with Gasteiger partial charge in [-0.2, -0.15) is 0 Å². The van der Waals surface area contributed by atoms with Crippen molar-refractivity contribution in [3.8, 4) is 0 Å². The maximum atomic E-state index is 3.96. The summed E-state index contributed by atoms with van der Waals surface area (Å²) in [5.74, 6) is 0.664. The Balaban J connectivity index is 2.72. The number of hydrogen-bond donors (Lipinski definition) is 0. The van der Waals surface area contributed by atoms with Gasteiger partial charge in [0.05, 0.1) is 0 Å². The Morgan fingerprint density at radius 2 is 2.36 bits per heavy atom. The first-order chi connectivity index (χ1) is 5.11. The summed E-state index contributed by atoms with van der Waals surface area (Å²) >= 11 is 2.50. The third-order valence-electron chi connectivity index (χ3n) is 2.10. The summed E-state index contributed by atoms with van der Waals surface area (Å²) in [4.78, 5) is 2.21. The molecule has 0 aromatic rings. The zero-order valence-electron chi connectivity index (χ0n) is 7.05. The molecule has 1 aliphatic heterocycles. The van der Waals surface area contributed by atoms with E-state index in [1.807, 2.05) is 0 Å². The summed E-state index contributed by atoms with van der Waals surface area (Å²) in [5, 5.41) is 0. The van der Waals surface area contributed by atoms with Crippen molar-refractivity contribution >= 4 is 22.6 Å². The van der Waals surface area contributed by atoms with E-state index < -0.39 is 0 Å². The molecule has 2 unspecified atom stereocenters. The van der Waals surface area contributed by atoms with E-state index in [0.717, 1.165) is 12.2 Å². The summed E-state index contributed by atoms with van der Waals surface area (Å²) in [7, 11) is 2.09. The van der Waals surface area contributed by atoms with Crippen LogP contribution in [0.3, 0.4) is 0 Å². The van der Waals surface area contributed by atoms with Crippen LogP contribution in [0.15, 0.2) is 24.4 Å². The standard InChI is InChI=1S/C9H14IN/c1-7-4-5-8(2)11(3)6-9(7)10/h4-5,7,9H,2,6H2,1,3H3. The molecule has 1 nitrogen and oxygen atoms in total. The lowest BCUT2D eigenvalue weighted by Crippen LogP contribution is -2.25. The fourth-order valence-electron chi connectivity index (χ4n) is 1.06. The van der Waals surface area contributed by atoms with Gasteiger partial charge < -0.3 is 4.90 Å². The Bertz CT molecular complexity index is 186. The van der Waals surface area contributed by atoms with Gasteiger partial charge in [-0.25, -0.2) is 0 Å². The molecule has 0 aromatic heterocycles. The summed E-state index contributed by atoms with van der Waals surface area (Å²) in [6.45, 7) is 7.31. The first-order valence-electron chi connectivity index (χ1n) is 3.83. The maximum absolute atomic E-state index is 3.96. The molecule has 0 aliphatic carbocycles. The molecule has 0 N–H and O–H groups in total. The van der Waals surface area contributed by atoms with Crippen LogP contribution < -0.4 is 0 Å². The zero-order chi connectivity index (χ0) is 8.43. The smallest absolute Gasteiger partial charge is 0.0345 e. The number of rotatable bonds is 0. The predicted octanol–water partition coefficient (Wildman–Crippen LogP) is 2.44. The van der Waals surface area contributed by atoms with Gasteiger partial charge >= 0.3 is 0 Å². The molecule has 0 saturated heterocycles. The van der Waals surface area contributed by atoms with Crippen LogP contribution in [-0.2, 0) is 0 Å². The molecule has 11 heavy (non-hydrogen) atoms. The molecule has 62 valence electrons. The molecule has 1 rings (SSSR count). The first kappa shape index (κ1) is 9.10. The van der Waals surface area contributed by atoms with E-state index in [1.165, 1.54) is 0 Å². The van der Waals surface area contributed by atoms with Crippen molar-refractivity contribution in [2.45, 2.75) is 10.8 Å². The number of alkyl halides is 1. The van der Waals surface area contributed by atoms with Crippen molar-refractivity contribution in [3.05, 3.63) is 24.4 Å². The largest absolute Gasteiger partial charge is 0.374 e. The first-order valence-corrected chi connectivity index (χ1v) is 5.08. The Morgan fingerprint density at radius 1 is 1.73 bits per heavy atom. The molecule has 0 saturated carbocycles. The Morgan fingerprint density at radius 3 is 3.00 bits per heavy atom. The number of halogens is 1. The Labute approximate surface area is 82.3 Å². The number of nitrogens with zero attached hydrogens (tertiary/aromatic N) is 1. The van der Waals surface area contributed by atoms with Crippen LogP contribution in [0.4, 0.5) is 0 Å². The highest BCUT2D eigenvalue weighted by molar-refractivity contribution is 14.1. The normalized spacial score (nSPS) is 32.3. The van der Waals surface area contributed by atoms with Gasteiger partial charge in [0.1, 0.15) is 0 Å². The number of likely N-dealkylation sites (N-methyl/N-ethyl adjacent to an activating group) is 1. The van der Waals surface area contributed by atoms with Crippen molar-refractivity contribution in [3.63, 3.8) is 0 Å². The van der Waals surface area contributed by atoms with Gasteiger partial charge in [0.15, 0.2) is 0 Å². The van der Waals surface area contributed by atoms with Gasteiger partial charge in [-0.15, -0.1) is 0 Å². The molecular weight excluding hydrogens is 249 g/mol. The van der Waals surface area contributed by atoms with E-state index in [0.29, 0.717) is 9.84 Å². The molecule has 0 radical (unpaired) electrons. The monoisotopic (exact) mass is 263 g/mol. The topological polar surface area (TPSA) is 3.24 Å². The molecular formula is C9H14IN. The summed E-state index contributed by atoms with van der Waals surface area (Å²) in [6, 6.07) is 0. The fourth-order valence-corrected chi connectivity index (χ4v) is 1.89. The minimum absolute atomic E-state index is 0.664. The molecule has 0 spiro atoms. The maximum Gasteiger partial charge on any atom is 0.0345 e. The van der Waals surface area contributed by atoms with Gasteiger partial charge in [-0.3, -0.25) is 0 Å². The number of hydrogen-bond acceptors (Lipinski definition) is 1. The van der Waals surface area contributed by atoms with Crippen molar-refractivity contribution in [1.82, 2.24) is 4.90 Å². The lowest BCUT2D eigenvalue weighted by atomic mass is 10.1. The average Bonchev–Trinajstić information content (AvgIpc) is 2.05. The molecule has 1 heterocycles. The van der Waals surface area contributed by atoms with Gasteiger partial charge in [-0.05, 0) is 12.0 Å². The second-order valence-electron chi connectivity index (χ2n) is 3.11. The third kappa shape index (κ3) is 2.22. The van der Waals surface area contributed by atoms with Crippen LogP contribution >= 0.6 is 22.6 Å². The van der Waals surface area contributed by atoms with E-state index in [2.05, 4.69) is 60.2 Å². The summed E-state index contributed by atoms with van der Waals surface area (Å²) in [6.07, 6.45) is 4.35. The summed E-state index contributed by atoms with van der Waals surface area (Å²) < 4.78 is 0.702. The molecule has 2 atom stereocenters. The second-order valence-corrected chi connectivity index (χ2v) is 4.71. The predicted molar refractivity (Wildman–Crippen MR) is 57.9 cm³/mol. The SMILES string of the molecule is C=C1C=CC(C)C(I)CN1C. The van der Waals surface area contributed by atoms with E-state index in [9.17, 15) is 0 Å². The fraction of sp³-hybridized carbons (Fsp3) is 0.556. The average molecular weight is 263 g/mol. The van der Waals surface area contributed by atoms with Crippen LogP contribution in [0.5, 0.6) is 0 Å². The Kier molecular flexibility index (Phi) is 2.98. The highest BCUT2D eigenvalue weighted by atomic mass is 127. The van der Waals surface area contributed by atoms with Crippen LogP contribution in [0, 0.1) is 5.92 Å². The zero-order valence-corrected chi connectivity index (χ0v) is 9.21. The molecule has 0 amide bonds. The third-order valence-corrected chi connectivity index (χ3v) is 3.63. The minimum atomic E-state index is 0.664. The van der Waals surface area contributed by atoms with Crippen LogP contribution in [-0.4, -0.2) is 22.4 Å². The van der Waals surface area contributed by atoms with Gasteiger partial charge in [0, 0.05) is 23.2 Å². The highest BCUT2D eigenvalue weighted by Crippen LogP contribution is 2.21. The van der Waals surface area contributed by atoms with Gasteiger partial charge in [-0.1, -0.05) is 42.2 Å². The van der Waals surface area contributed by atoms with Crippen molar-refractivity contribution in [1.29, 1.82) is 0 Å². The lowest BCUT2D eigenvalue weighted by Gasteiger charge is -2.21. The minimum Gasteiger partial charge on any atom is -0.374 e. The van der Waals surface area contributed by atoms with Gasteiger partial charge in [0.25, 0.3) is 0 Å². The van der Waals surface area contributed by atoms with Crippen LogP contribution in [0.2, 0.25) is 0 Å². The van der Waals surface area contributed by atoms with E-state index >= 15 is 0 Å². The number of allylic oxidation sites excluding steroid dienone is 2. The molecule has 2 heteroatoms. The Hall–Kier alpha value is 0.01000. The van der Waals surface area contributed by atoms with Crippen molar-refractivity contribution in [2.75, 3.05) is 13.6 Å². The van der Waals surface area contributed by atoms with E-state index in [4.69, 9.17) is 0 Å². The summed E-state index contributed by atoms with van der Waals surface area (Å²) in [5.41, 5.74) is 1.12. The molecule has 0 fully saturated rings. The van der Waals surface area contributed by atoms with Crippen LogP contribution in [0.25, 0.3) is 0 Å². The van der Waals surface area contributed by atoms with Gasteiger partial charge in [0.2, 0.25) is 0 Å². The molecule has 0 bridgehead atoms. The molecule has 0 aromatic carbocycles. The second kappa shape index (κ2) is 3.61. The van der Waals surface area contributed by atoms with Crippen molar-refractivity contribution in [2.24, 2.45) is 5.92 Å². The highest BCUT2D eigenvalue weighted by Gasteiger charge is 2.16. The lowest BCUT2D eigenvalue weighted by molar-refractivity contribution is 0.424. The van der Waals surface area contributed by atoms with Crippen molar-refractivity contribution < 1.29 is 0 Å². The van der Waals surface area contributed by atoms with E-state index in [-0.39, 0.29) is 0 Å². The molecule has 1 aliphatic rings.